The van der Waals surface area contributed by atoms with Crippen LogP contribution in [0.1, 0.15) is 9.67 Å². The van der Waals surface area contributed by atoms with Gasteiger partial charge in [-0.15, -0.1) is 22.7 Å². The molecule has 118 valence electrons. The van der Waals surface area contributed by atoms with E-state index in [1.807, 2.05) is 35.7 Å². The van der Waals surface area contributed by atoms with Gasteiger partial charge >= 0.3 is 0 Å². The highest BCUT2D eigenvalue weighted by molar-refractivity contribution is 7.20. The number of aromatic nitrogens is 1. The first-order valence-corrected chi connectivity index (χ1v) is 8.90. The molecule has 3 nitrogen and oxygen atoms in total. The molecular formula is C18H11FN2OS2. The fraction of sp³-hybridized carbons (Fsp3) is 0. The summed E-state index contributed by atoms with van der Waals surface area (Å²) in [7, 11) is 0. The van der Waals surface area contributed by atoms with E-state index in [2.05, 4.69) is 10.3 Å². The summed E-state index contributed by atoms with van der Waals surface area (Å²) in [5.74, 6) is -0.548. The topological polar surface area (TPSA) is 42.0 Å². The fourth-order valence-corrected chi connectivity index (χ4v) is 4.01. The predicted molar refractivity (Wildman–Crippen MR) is 97.3 cm³/mol. The Bertz CT molecular complexity index is 1010. The van der Waals surface area contributed by atoms with Gasteiger partial charge in [-0.1, -0.05) is 6.07 Å². The van der Waals surface area contributed by atoms with E-state index in [1.54, 1.807) is 29.7 Å². The van der Waals surface area contributed by atoms with Crippen molar-refractivity contribution in [1.82, 2.24) is 4.98 Å². The first-order valence-electron chi connectivity index (χ1n) is 7.20. The maximum absolute atomic E-state index is 13.7. The van der Waals surface area contributed by atoms with Crippen molar-refractivity contribution in [2.45, 2.75) is 0 Å². The number of fused-ring (bicyclic) bond motifs is 1. The van der Waals surface area contributed by atoms with E-state index in [-0.39, 0.29) is 11.7 Å². The summed E-state index contributed by atoms with van der Waals surface area (Å²) in [6.07, 6.45) is 1.76. The fourth-order valence-electron chi connectivity index (χ4n) is 2.39. The van der Waals surface area contributed by atoms with Gasteiger partial charge in [0.2, 0.25) is 0 Å². The number of hydrogen-bond acceptors (Lipinski definition) is 4. The Hall–Kier alpha value is -2.57. The van der Waals surface area contributed by atoms with E-state index >= 15 is 0 Å². The summed E-state index contributed by atoms with van der Waals surface area (Å²) in [6.45, 7) is 0. The summed E-state index contributed by atoms with van der Waals surface area (Å²) in [6, 6.07) is 13.9. The molecule has 0 saturated carbocycles. The second-order valence-corrected chi connectivity index (χ2v) is 7.11. The van der Waals surface area contributed by atoms with Gasteiger partial charge in [-0.3, -0.25) is 4.79 Å². The number of nitrogens with one attached hydrogen (secondary N) is 1. The van der Waals surface area contributed by atoms with E-state index in [0.29, 0.717) is 16.0 Å². The number of carbonyl (C=O) groups excluding carboxylic acids is 1. The van der Waals surface area contributed by atoms with Crippen molar-refractivity contribution in [1.29, 1.82) is 0 Å². The van der Waals surface area contributed by atoms with Crippen molar-refractivity contribution in [3.63, 3.8) is 0 Å². The summed E-state index contributed by atoms with van der Waals surface area (Å²) >= 11 is 2.84. The molecule has 6 heteroatoms. The zero-order valence-corrected chi connectivity index (χ0v) is 14.0. The zero-order chi connectivity index (χ0) is 16.5. The highest BCUT2D eigenvalue weighted by Crippen LogP contribution is 2.28. The smallest absolute Gasteiger partial charge is 0.265 e. The van der Waals surface area contributed by atoms with Crippen LogP contribution in [0.4, 0.5) is 10.1 Å². The summed E-state index contributed by atoms with van der Waals surface area (Å²) in [5.41, 5.74) is 1.70. The van der Waals surface area contributed by atoms with Crippen molar-refractivity contribution in [2.75, 3.05) is 5.32 Å². The number of nitrogens with zero attached hydrogens (tertiary/aromatic N) is 1. The normalized spacial score (nSPS) is 10.9. The van der Waals surface area contributed by atoms with E-state index < -0.39 is 0 Å². The molecular weight excluding hydrogens is 343 g/mol. The minimum Gasteiger partial charge on any atom is -0.321 e. The van der Waals surface area contributed by atoms with Gasteiger partial charge in [0.25, 0.3) is 5.91 Å². The molecule has 0 aliphatic carbocycles. The lowest BCUT2D eigenvalue weighted by Gasteiger charge is -2.04. The standard InChI is InChI=1S/C18H11FN2OS2/c19-14-2-1-3-15-13(14)10-16(24-15)17(22)21-12-6-4-11(5-7-12)18-20-8-9-23-18/h1-10H,(H,21,22). The number of hydrogen-bond donors (Lipinski definition) is 1. The number of carbonyl (C=O) groups is 1. The van der Waals surface area contributed by atoms with Gasteiger partial charge in [-0.2, -0.15) is 0 Å². The Kier molecular flexibility index (Phi) is 3.84. The zero-order valence-electron chi connectivity index (χ0n) is 12.3. The monoisotopic (exact) mass is 354 g/mol. The van der Waals surface area contributed by atoms with Crippen molar-refractivity contribution in [2.24, 2.45) is 0 Å². The Morgan fingerprint density at radius 2 is 1.96 bits per heavy atom. The van der Waals surface area contributed by atoms with Gasteiger partial charge in [0.15, 0.2) is 0 Å². The maximum Gasteiger partial charge on any atom is 0.265 e. The highest BCUT2D eigenvalue weighted by atomic mass is 32.1. The second kappa shape index (κ2) is 6.14. The number of halogens is 1. The molecule has 0 unspecified atom stereocenters. The SMILES string of the molecule is O=C(Nc1ccc(-c2nccs2)cc1)c1cc2c(F)cccc2s1. The van der Waals surface area contributed by atoms with Crippen molar-refractivity contribution in [3.8, 4) is 10.6 Å². The number of anilines is 1. The van der Waals surface area contributed by atoms with Crippen molar-refractivity contribution in [3.05, 3.63) is 70.8 Å². The van der Waals surface area contributed by atoms with Crippen LogP contribution in [0.5, 0.6) is 0 Å². The van der Waals surface area contributed by atoms with Gasteiger partial charge in [0.1, 0.15) is 10.8 Å². The van der Waals surface area contributed by atoms with Gasteiger partial charge in [0.05, 0.1) is 4.88 Å². The van der Waals surface area contributed by atoms with Crippen LogP contribution < -0.4 is 5.32 Å². The van der Waals surface area contributed by atoms with Crippen LogP contribution >= 0.6 is 22.7 Å². The third-order valence-electron chi connectivity index (χ3n) is 3.55. The molecule has 0 aliphatic rings. The summed E-state index contributed by atoms with van der Waals surface area (Å²) in [5, 5.41) is 6.18. The largest absolute Gasteiger partial charge is 0.321 e. The minimum atomic E-state index is -0.310. The Morgan fingerprint density at radius 3 is 2.67 bits per heavy atom. The van der Waals surface area contributed by atoms with Crippen LogP contribution in [0, 0.1) is 5.82 Å². The molecule has 1 N–H and O–H groups in total. The van der Waals surface area contributed by atoms with E-state index in [4.69, 9.17) is 0 Å². The van der Waals surface area contributed by atoms with Gasteiger partial charge in [0, 0.05) is 32.9 Å². The molecule has 4 aromatic rings. The van der Waals surface area contributed by atoms with Crippen LogP contribution in [0.3, 0.4) is 0 Å². The Labute approximate surface area is 145 Å². The van der Waals surface area contributed by atoms with Crippen LogP contribution in [0.15, 0.2) is 60.1 Å². The molecule has 0 atom stereocenters. The number of thiazole rings is 1. The second-order valence-electron chi connectivity index (χ2n) is 5.13. The first-order chi connectivity index (χ1) is 11.7. The van der Waals surface area contributed by atoms with Gasteiger partial charge in [-0.25, -0.2) is 9.37 Å². The number of rotatable bonds is 3. The lowest BCUT2D eigenvalue weighted by Crippen LogP contribution is -2.09. The van der Waals surface area contributed by atoms with Crippen LogP contribution in [-0.4, -0.2) is 10.9 Å². The lowest BCUT2D eigenvalue weighted by atomic mass is 10.2. The van der Waals surface area contributed by atoms with E-state index in [9.17, 15) is 9.18 Å². The molecule has 24 heavy (non-hydrogen) atoms. The highest BCUT2D eigenvalue weighted by Gasteiger charge is 2.12. The third kappa shape index (κ3) is 2.81. The molecule has 2 heterocycles. The average molecular weight is 354 g/mol. The Morgan fingerprint density at radius 1 is 1.12 bits per heavy atom. The lowest BCUT2D eigenvalue weighted by molar-refractivity contribution is 0.103. The quantitative estimate of drug-likeness (QED) is 0.534. The van der Waals surface area contributed by atoms with Crippen LogP contribution in [-0.2, 0) is 0 Å². The average Bonchev–Trinajstić information content (AvgIpc) is 3.26. The van der Waals surface area contributed by atoms with Gasteiger partial charge < -0.3 is 5.32 Å². The summed E-state index contributed by atoms with van der Waals surface area (Å²) < 4.78 is 14.5. The van der Waals surface area contributed by atoms with Crippen LogP contribution in [0.25, 0.3) is 20.7 Å². The third-order valence-corrected chi connectivity index (χ3v) is 5.48. The molecule has 0 spiro atoms. The first kappa shape index (κ1) is 15.0. The molecule has 0 saturated heterocycles. The molecule has 1 amide bonds. The molecule has 2 aromatic heterocycles. The van der Waals surface area contributed by atoms with Gasteiger partial charge in [-0.05, 0) is 42.5 Å². The number of amides is 1. The summed E-state index contributed by atoms with van der Waals surface area (Å²) in [4.78, 5) is 17.1. The van der Waals surface area contributed by atoms with E-state index in [0.717, 1.165) is 15.3 Å². The Balaban J connectivity index is 1.55. The van der Waals surface area contributed by atoms with Crippen molar-refractivity contribution >= 4 is 44.4 Å². The van der Waals surface area contributed by atoms with E-state index in [1.165, 1.54) is 17.4 Å². The van der Waals surface area contributed by atoms with Crippen LogP contribution in [0.2, 0.25) is 0 Å². The number of benzene rings is 2. The molecule has 0 bridgehead atoms. The molecule has 0 fully saturated rings. The molecule has 0 aliphatic heterocycles. The predicted octanol–water partition coefficient (Wildman–Crippen LogP) is 5.42. The molecule has 0 radical (unpaired) electrons. The molecule has 4 rings (SSSR count). The van der Waals surface area contributed by atoms with Crippen molar-refractivity contribution < 1.29 is 9.18 Å². The minimum absolute atomic E-state index is 0.238. The number of thiophene rings is 1. The maximum atomic E-state index is 13.7. The molecule has 2 aromatic carbocycles.